The molecule has 2 rings (SSSR count). The molecule has 1 saturated heterocycles. The number of nitrogen functional groups attached to an aromatic ring is 1. The van der Waals surface area contributed by atoms with E-state index in [1.54, 1.807) is 6.92 Å². The van der Waals surface area contributed by atoms with Crippen molar-refractivity contribution in [2.24, 2.45) is 0 Å². The third-order valence-corrected chi connectivity index (χ3v) is 5.20. The highest BCUT2D eigenvalue weighted by Gasteiger charge is 2.35. The van der Waals surface area contributed by atoms with Crippen LogP contribution >= 0.6 is 0 Å². The summed E-state index contributed by atoms with van der Waals surface area (Å²) in [5, 5.41) is 6.56. The van der Waals surface area contributed by atoms with Gasteiger partial charge in [0.2, 0.25) is 0 Å². The number of rotatable bonds is 3. The van der Waals surface area contributed by atoms with Gasteiger partial charge in [0.25, 0.3) is 5.91 Å². The first-order valence-corrected chi connectivity index (χ1v) is 7.99. The minimum atomic E-state index is -3.02. The van der Waals surface area contributed by atoms with Gasteiger partial charge in [-0.3, -0.25) is 9.89 Å². The lowest BCUT2D eigenvalue weighted by molar-refractivity contribution is 0.0703. The Balaban J connectivity index is 2.23. The smallest absolute Gasteiger partial charge is 0.276 e. The van der Waals surface area contributed by atoms with Crippen molar-refractivity contribution in [2.75, 3.05) is 23.8 Å². The number of hydrogen-bond donors (Lipinski definition) is 2. The van der Waals surface area contributed by atoms with Crippen LogP contribution in [-0.2, 0) is 9.84 Å². The van der Waals surface area contributed by atoms with E-state index in [0.717, 1.165) is 0 Å². The average Bonchev–Trinajstić information content (AvgIpc) is 2.85. The highest BCUT2D eigenvalue weighted by atomic mass is 32.2. The Labute approximate surface area is 112 Å². The summed E-state index contributed by atoms with van der Waals surface area (Å²) in [7, 11) is -3.02. The number of carbonyl (C=O) groups excluding carboxylic acids is 1. The van der Waals surface area contributed by atoms with Gasteiger partial charge < -0.3 is 10.6 Å². The molecule has 1 unspecified atom stereocenters. The Bertz CT molecular complexity index is 593. The average molecular weight is 286 g/mol. The van der Waals surface area contributed by atoms with E-state index >= 15 is 0 Å². The van der Waals surface area contributed by atoms with Gasteiger partial charge in [0.15, 0.2) is 15.5 Å². The molecule has 0 aromatic carbocycles. The molecule has 0 bridgehead atoms. The number of nitrogens with zero attached hydrogens (tertiary/aromatic N) is 2. The monoisotopic (exact) mass is 286 g/mol. The molecule has 1 fully saturated rings. The Morgan fingerprint density at radius 2 is 2.26 bits per heavy atom. The third-order valence-electron chi connectivity index (χ3n) is 3.45. The predicted molar refractivity (Wildman–Crippen MR) is 71.5 cm³/mol. The van der Waals surface area contributed by atoms with Gasteiger partial charge in [-0.15, -0.1) is 0 Å². The summed E-state index contributed by atoms with van der Waals surface area (Å²) in [6.45, 7) is 3.98. The van der Waals surface area contributed by atoms with E-state index in [1.807, 2.05) is 6.92 Å². The van der Waals surface area contributed by atoms with Gasteiger partial charge in [-0.2, -0.15) is 5.10 Å². The number of nitrogens with two attached hydrogens (primary N) is 1. The molecular weight excluding hydrogens is 268 g/mol. The Kier molecular flexibility index (Phi) is 3.53. The zero-order valence-corrected chi connectivity index (χ0v) is 11.8. The van der Waals surface area contributed by atoms with Crippen LogP contribution in [0.25, 0.3) is 0 Å². The summed E-state index contributed by atoms with van der Waals surface area (Å²) in [5.41, 5.74) is 6.92. The maximum atomic E-state index is 12.4. The molecule has 106 valence electrons. The van der Waals surface area contributed by atoms with Gasteiger partial charge in [0.05, 0.1) is 22.9 Å². The second-order valence-corrected chi connectivity index (χ2v) is 6.99. The summed E-state index contributed by atoms with van der Waals surface area (Å²) < 4.78 is 23.0. The lowest BCUT2D eigenvalue weighted by Crippen LogP contribution is -2.41. The van der Waals surface area contributed by atoms with Crippen LogP contribution in [0, 0.1) is 6.92 Å². The van der Waals surface area contributed by atoms with Crippen molar-refractivity contribution in [1.82, 2.24) is 15.1 Å². The molecule has 1 atom stereocenters. The maximum absolute atomic E-state index is 12.4. The van der Waals surface area contributed by atoms with Gasteiger partial charge >= 0.3 is 0 Å². The van der Waals surface area contributed by atoms with Crippen LogP contribution in [0.2, 0.25) is 0 Å². The van der Waals surface area contributed by atoms with Crippen molar-refractivity contribution in [3.63, 3.8) is 0 Å². The summed E-state index contributed by atoms with van der Waals surface area (Å²) in [6.07, 6.45) is 0.477. The van der Waals surface area contributed by atoms with E-state index in [2.05, 4.69) is 10.2 Å². The SMILES string of the molecule is CCN(C(=O)c1n[nH]c(C)c1N)C1CCS(=O)(=O)C1. The largest absolute Gasteiger partial charge is 0.395 e. The number of amides is 1. The van der Waals surface area contributed by atoms with Crippen molar-refractivity contribution in [3.05, 3.63) is 11.4 Å². The first-order valence-electron chi connectivity index (χ1n) is 6.17. The zero-order valence-electron chi connectivity index (χ0n) is 11.0. The number of anilines is 1. The highest BCUT2D eigenvalue weighted by Crippen LogP contribution is 2.22. The van der Waals surface area contributed by atoms with Crippen molar-refractivity contribution >= 4 is 21.4 Å². The fourth-order valence-electron chi connectivity index (χ4n) is 2.33. The lowest BCUT2D eigenvalue weighted by atomic mass is 10.2. The fraction of sp³-hybridized carbons (Fsp3) is 0.636. The summed E-state index contributed by atoms with van der Waals surface area (Å²) in [4.78, 5) is 13.9. The van der Waals surface area contributed by atoms with E-state index in [-0.39, 0.29) is 29.1 Å². The second-order valence-electron chi connectivity index (χ2n) is 4.76. The standard InChI is InChI=1S/C11H18N4O3S/c1-3-15(8-4-5-19(17,18)6-8)11(16)10-9(12)7(2)13-14-10/h8H,3-6,12H2,1-2H3,(H,13,14). The number of H-pyrrole nitrogens is 1. The van der Waals surface area contributed by atoms with Crippen molar-refractivity contribution in [1.29, 1.82) is 0 Å². The van der Waals surface area contributed by atoms with Crippen LogP contribution < -0.4 is 5.73 Å². The topological polar surface area (TPSA) is 109 Å². The minimum Gasteiger partial charge on any atom is -0.395 e. The molecule has 1 aliphatic rings. The molecule has 1 aromatic rings. The highest BCUT2D eigenvalue weighted by molar-refractivity contribution is 7.91. The Hall–Kier alpha value is -1.57. The molecule has 1 aromatic heterocycles. The molecule has 1 amide bonds. The van der Waals surface area contributed by atoms with Crippen LogP contribution in [0.4, 0.5) is 5.69 Å². The summed E-state index contributed by atoms with van der Waals surface area (Å²) in [6, 6.07) is -0.279. The molecule has 0 aliphatic carbocycles. The van der Waals surface area contributed by atoms with Gasteiger partial charge in [-0.05, 0) is 20.3 Å². The number of hydrogen-bond acceptors (Lipinski definition) is 5. The first-order chi connectivity index (χ1) is 8.85. The van der Waals surface area contributed by atoms with Gasteiger partial charge in [-0.1, -0.05) is 0 Å². The first kappa shape index (κ1) is 13.9. The molecule has 0 spiro atoms. The number of aromatic nitrogens is 2. The quantitative estimate of drug-likeness (QED) is 0.809. The Morgan fingerprint density at radius 1 is 1.58 bits per heavy atom. The van der Waals surface area contributed by atoms with E-state index in [0.29, 0.717) is 24.3 Å². The molecule has 1 aliphatic heterocycles. The predicted octanol–water partition coefficient (Wildman–Crippen LogP) is -0.0505. The third kappa shape index (κ3) is 2.58. The zero-order chi connectivity index (χ0) is 14.2. The minimum absolute atomic E-state index is 0.0237. The number of nitrogens with one attached hydrogen (secondary N) is 1. The van der Waals surface area contributed by atoms with Crippen LogP contribution in [-0.4, -0.2) is 53.5 Å². The van der Waals surface area contributed by atoms with Crippen molar-refractivity contribution in [3.8, 4) is 0 Å². The van der Waals surface area contributed by atoms with E-state index in [4.69, 9.17) is 5.73 Å². The number of sulfone groups is 1. The second kappa shape index (κ2) is 4.84. The molecule has 8 heteroatoms. The molecule has 0 saturated carbocycles. The maximum Gasteiger partial charge on any atom is 0.276 e. The van der Waals surface area contributed by atoms with Crippen LogP contribution in [0.5, 0.6) is 0 Å². The van der Waals surface area contributed by atoms with Gasteiger partial charge in [0.1, 0.15) is 0 Å². The number of aryl methyl sites for hydroxylation is 1. The fourth-order valence-corrected chi connectivity index (χ4v) is 4.06. The summed E-state index contributed by atoms with van der Waals surface area (Å²) >= 11 is 0. The van der Waals surface area contributed by atoms with Crippen molar-refractivity contribution in [2.45, 2.75) is 26.3 Å². The van der Waals surface area contributed by atoms with E-state index < -0.39 is 9.84 Å². The number of carbonyl (C=O) groups is 1. The number of aromatic amines is 1. The molecule has 0 radical (unpaired) electrons. The Morgan fingerprint density at radius 3 is 2.68 bits per heavy atom. The summed E-state index contributed by atoms with van der Waals surface area (Å²) in [5.74, 6) is -0.154. The molecular formula is C11H18N4O3S. The molecule has 7 nitrogen and oxygen atoms in total. The van der Waals surface area contributed by atoms with Gasteiger partial charge in [0, 0.05) is 12.6 Å². The van der Waals surface area contributed by atoms with Gasteiger partial charge in [-0.25, -0.2) is 8.42 Å². The molecule has 3 N–H and O–H groups in total. The molecule has 19 heavy (non-hydrogen) atoms. The van der Waals surface area contributed by atoms with Crippen LogP contribution in [0.1, 0.15) is 29.5 Å². The normalized spacial score (nSPS) is 21.5. The van der Waals surface area contributed by atoms with Crippen LogP contribution in [0.15, 0.2) is 0 Å². The van der Waals surface area contributed by atoms with E-state index in [9.17, 15) is 13.2 Å². The van der Waals surface area contributed by atoms with Crippen molar-refractivity contribution < 1.29 is 13.2 Å². The lowest BCUT2D eigenvalue weighted by Gasteiger charge is -2.26. The molecule has 2 heterocycles. The van der Waals surface area contributed by atoms with Crippen LogP contribution in [0.3, 0.4) is 0 Å². The van der Waals surface area contributed by atoms with E-state index in [1.165, 1.54) is 4.90 Å².